The number of esters is 1. The van der Waals surface area contributed by atoms with Crippen molar-refractivity contribution in [2.75, 3.05) is 32.7 Å². The standard InChI is InChI=1S/C23H28N2O6/c1-5-20-11-16(26)17(27)25-9-8-21-14-7-6-13(29-3)10-15(14)24(2)18(21)22(12-20,19(28)30-4)31-23(20,21)25/h6-7,10,16,18,26H,5,8-9,11-12H2,1-4H3/t16-,18+,20-,21-,22+,23-/m0/s1. The van der Waals surface area contributed by atoms with Crippen molar-refractivity contribution in [1.29, 1.82) is 0 Å². The van der Waals surface area contributed by atoms with Crippen molar-refractivity contribution in [2.45, 2.75) is 61.5 Å². The minimum Gasteiger partial charge on any atom is -0.497 e. The Hall–Kier alpha value is -2.32. The van der Waals surface area contributed by atoms with E-state index in [1.165, 1.54) is 7.11 Å². The van der Waals surface area contributed by atoms with E-state index in [2.05, 4.69) is 17.9 Å². The van der Waals surface area contributed by atoms with E-state index >= 15 is 0 Å². The smallest absolute Gasteiger partial charge is 0.340 e. The normalized spacial score (nSPS) is 43.7. The molecular formula is C23H28N2O6. The van der Waals surface area contributed by atoms with Crippen molar-refractivity contribution in [1.82, 2.24) is 4.90 Å². The molecule has 8 nitrogen and oxygen atoms in total. The fourth-order valence-corrected chi connectivity index (χ4v) is 8.24. The Morgan fingerprint density at radius 2 is 2.13 bits per heavy atom. The van der Waals surface area contributed by atoms with Crippen LogP contribution in [0.25, 0.3) is 0 Å². The van der Waals surface area contributed by atoms with Crippen LogP contribution in [0.2, 0.25) is 0 Å². The predicted octanol–water partition coefficient (Wildman–Crippen LogP) is 1.19. The van der Waals surface area contributed by atoms with Crippen molar-refractivity contribution in [2.24, 2.45) is 5.41 Å². The highest BCUT2D eigenvalue weighted by Crippen LogP contribution is 2.79. The van der Waals surface area contributed by atoms with Crippen LogP contribution in [0.4, 0.5) is 5.69 Å². The van der Waals surface area contributed by atoms with Crippen molar-refractivity contribution in [3.8, 4) is 5.75 Å². The quantitative estimate of drug-likeness (QED) is 0.724. The number of carbonyl (C=O) groups is 2. The monoisotopic (exact) mass is 428 g/mol. The fraction of sp³-hybridized carbons (Fsp3) is 0.652. The zero-order valence-electron chi connectivity index (χ0n) is 18.3. The summed E-state index contributed by atoms with van der Waals surface area (Å²) in [7, 11) is 5.01. The summed E-state index contributed by atoms with van der Waals surface area (Å²) >= 11 is 0. The molecule has 8 heteroatoms. The van der Waals surface area contributed by atoms with E-state index in [0.717, 1.165) is 17.0 Å². The van der Waals surface area contributed by atoms with Crippen LogP contribution in [0, 0.1) is 5.41 Å². The number of nitrogens with zero attached hydrogens (tertiary/aromatic N) is 2. The summed E-state index contributed by atoms with van der Waals surface area (Å²) in [5.41, 5.74) is -1.25. The number of ether oxygens (including phenoxy) is 3. The number of piperidine rings is 1. The number of benzene rings is 1. The number of hydrogen-bond donors (Lipinski definition) is 1. The van der Waals surface area contributed by atoms with Gasteiger partial charge in [-0.05, 0) is 37.3 Å². The minimum atomic E-state index is -1.21. The van der Waals surface area contributed by atoms with Crippen molar-refractivity contribution >= 4 is 17.6 Å². The lowest BCUT2D eigenvalue weighted by molar-refractivity contribution is -0.223. The maximum Gasteiger partial charge on any atom is 0.340 e. The molecule has 5 aliphatic rings. The van der Waals surface area contributed by atoms with Crippen molar-refractivity contribution in [3.05, 3.63) is 23.8 Å². The molecule has 2 spiro atoms. The number of methoxy groups -OCH3 is 2. The first kappa shape index (κ1) is 19.4. The first-order valence-corrected chi connectivity index (χ1v) is 11.0. The summed E-state index contributed by atoms with van der Waals surface area (Å²) in [6, 6.07) is 5.70. The molecule has 0 unspecified atom stereocenters. The topological polar surface area (TPSA) is 88.5 Å². The lowest BCUT2D eigenvalue weighted by atomic mass is 9.49. The Kier molecular flexibility index (Phi) is 3.46. The Bertz CT molecular complexity index is 1030. The van der Waals surface area contributed by atoms with Crippen LogP contribution in [-0.2, 0) is 24.5 Å². The zero-order chi connectivity index (χ0) is 22.0. The van der Waals surface area contributed by atoms with Crippen molar-refractivity contribution < 1.29 is 28.9 Å². The van der Waals surface area contributed by atoms with Gasteiger partial charge in [-0.2, -0.15) is 0 Å². The van der Waals surface area contributed by atoms with E-state index < -0.39 is 34.2 Å². The van der Waals surface area contributed by atoms with E-state index in [9.17, 15) is 14.7 Å². The molecule has 4 fully saturated rings. The van der Waals surface area contributed by atoms with E-state index in [1.807, 2.05) is 19.2 Å². The third-order valence-corrected chi connectivity index (χ3v) is 9.07. The molecule has 0 saturated carbocycles. The number of aliphatic hydroxyl groups is 1. The van der Waals surface area contributed by atoms with Gasteiger partial charge in [0.05, 0.1) is 25.7 Å². The molecule has 6 rings (SSSR count). The third kappa shape index (κ3) is 1.67. The lowest BCUT2D eigenvalue weighted by Crippen LogP contribution is -2.73. The Morgan fingerprint density at radius 1 is 1.35 bits per heavy atom. The van der Waals surface area contributed by atoms with Gasteiger partial charge in [-0.15, -0.1) is 0 Å². The van der Waals surface area contributed by atoms with Gasteiger partial charge in [-0.3, -0.25) is 4.79 Å². The molecule has 0 aliphatic carbocycles. The Labute approximate surface area is 181 Å². The molecule has 0 aromatic heterocycles. The second kappa shape index (κ2) is 5.53. The molecule has 5 aliphatic heterocycles. The van der Waals surface area contributed by atoms with Gasteiger partial charge >= 0.3 is 5.97 Å². The molecule has 1 N–H and O–H groups in total. The number of amides is 1. The van der Waals surface area contributed by atoms with Gasteiger partial charge in [0.25, 0.3) is 5.91 Å². The molecule has 4 saturated heterocycles. The van der Waals surface area contributed by atoms with Gasteiger partial charge in [0.2, 0.25) is 0 Å². The van der Waals surface area contributed by atoms with E-state index in [4.69, 9.17) is 14.2 Å². The number of likely N-dealkylation sites (N-methyl/N-ethyl adjacent to an activating group) is 1. The highest BCUT2D eigenvalue weighted by Gasteiger charge is 2.92. The van der Waals surface area contributed by atoms with Crippen LogP contribution >= 0.6 is 0 Å². The predicted molar refractivity (Wildman–Crippen MR) is 110 cm³/mol. The number of fused-ring (bicyclic) bond motifs is 3. The minimum absolute atomic E-state index is 0.293. The van der Waals surface area contributed by atoms with E-state index in [1.54, 1.807) is 12.0 Å². The molecule has 1 aromatic carbocycles. The highest BCUT2D eigenvalue weighted by atomic mass is 16.6. The van der Waals surface area contributed by atoms with Crippen LogP contribution in [-0.4, -0.2) is 73.2 Å². The molecular weight excluding hydrogens is 400 g/mol. The highest BCUT2D eigenvalue weighted by molar-refractivity contribution is 5.91. The summed E-state index contributed by atoms with van der Waals surface area (Å²) in [5, 5.41) is 10.7. The number of carbonyl (C=O) groups excluding carboxylic acids is 2. The molecule has 6 atom stereocenters. The molecule has 31 heavy (non-hydrogen) atoms. The van der Waals surface area contributed by atoms with Gasteiger partial charge in [0.15, 0.2) is 11.3 Å². The van der Waals surface area contributed by atoms with Gasteiger partial charge in [0.1, 0.15) is 11.9 Å². The van der Waals surface area contributed by atoms with Crippen LogP contribution in [0.5, 0.6) is 5.75 Å². The van der Waals surface area contributed by atoms with Crippen LogP contribution < -0.4 is 9.64 Å². The summed E-state index contributed by atoms with van der Waals surface area (Å²) < 4.78 is 17.7. The summed E-state index contributed by atoms with van der Waals surface area (Å²) in [6.07, 6.45) is 0.996. The SMILES string of the molecule is CC[C@]12C[C@H](O)C(=O)N3CC[C@]45c6ccc(OC)cc6N(C)[C@H]4[C@@](C(=O)OC)(C1)O[C@@]325. The van der Waals surface area contributed by atoms with Gasteiger partial charge < -0.3 is 29.1 Å². The first-order valence-electron chi connectivity index (χ1n) is 11.0. The van der Waals surface area contributed by atoms with Crippen LogP contribution in [0.1, 0.15) is 38.2 Å². The maximum atomic E-state index is 13.4. The number of rotatable bonds is 3. The van der Waals surface area contributed by atoms with Crippen molar-refractivity contribution in [3.63, 3.8) is 0 Å². The van der Waals surface area contributed by atoms with Gasteiger partial charge in [-0.1, -0.05) is 13.0 Å². The molecule has 5 heterocycles. The molecule has 1 amide bonds. The molecule has 2 bridgehead atoms. The fourth-order valence-electron chi connectivity index (χ4n) is 8.24. The molecule has 1 aromatic rings. The number of anilines is 1. The second-order valence-electron chi connectivity index (χ2n) is 9.77. The maximum absolute atomic E-state index is 13.4. The van der Waals surface area contributed by atoms with E-state index in [0.29, 0.717) is 32.2 Å². The van der Waals surface area contributed by atoms with Crippen LogP contribution in [0.15, 0.2) is 18.2 Å². The van der Waals surface area contributed by atoms with E-state index in [-0.39, 0.29) is 11.9 Å². The zero-order valence-corrected chi connectivity index (χ0v) is 18.3. The first-order chi connectivity index (χ1) is 14.8. The number of hydrogen-bond acceptors (Lipinski definition) is 7. The molecule has 0 radical (unpaired) electrons. The largest absolute Gasteiger partial charge is 0.497 e. The average molecular weight is 428 g/mol. The lowest BCUT2D eigenvalue weighted by Gasteiger charge is -2.58. The summed E-state index contributed by atoms with van der Waals surface area (Å²) in [5.74, 6) is 0.0369. The van der Waals surface area contributed by atoms with Gasteiger partial charge in [0, 0.05) is 30.8 Å². The van der Waals surface area contributed by atoms with Crippen LogP contribution in [0.3, 0.4) is 0 Å². The summed E-state index contributed by atoms with van der Waals surface area (Å²) in [6.45, 7) is 2.56. The summed E-state index contributed by atoms with van der Waals surface area (Å²) in [4.78, 5) is 30.5. The second-order valence-corrected chi connectivity index (χ2v) is 9.77. The Morgan fingerprint density at radius 3 is 2.81 bits per heavy atom. The third-order valence-electron chi connectivity index (χ3n) is 9.07. The average Bonchev–Trinajstić information content (AvgIpc) is 3.43. The van der Waals surface area contributed by atoms with Gasteiger partial charge in [-0.25, -0.2) is 4.79 Å². The molecule has 166 valence electrons. The Balaban J connectivity index is 1.70. The number of aliphatic hydroxyl groups excluding tert-OH is 1.